The molecule has 0 bridgehead atoms. The summed E-state index contributed by atoms with van der Waals surface area (Å²) in [6, 6.07) is 5.28. The Bertz CT molecular complexity index is 921. The van der Waals surface area contributed by atoms with Gasteiger partial charge < -0.3 is 25.0 Å². The topological polar surface area (TPSA) is 97.5 Å². The summed E-state index contributed by atoms with van der Waals surface area (Å²) in [5.41, 5.74) is 8.29. The van der Waals surface area contributed by atoms with Crippen molar-refractivity contribution in [3.63, 3.8) is 0 Å². The number of anilines is 1. The number of nitrogens with two attached hydrogens (primary N) is 1. The van der Waals surface area contributed by atoms with Crippen molar-refractivity contribution in [1.29, 1.82) is 0 Å². The first-order valence-corrected chi connectivity index (χ1v) is 8.19. The number of hydrogen-bond acceptors (Lipinski definition) is 6. The smallest absolute Gasteiger partial charge is 0.177 e. The van der Waals surface area contributed by atoms with Crippen LogP contribution >= 0.6 is 11.6 Å². The van der Waals surface area contributed by atoms with E-state index in [1.807, 2.05) is 19.1 Å². The second-order valence-corrected chi connectivity index (χ2v) is 6.03. The van der Waals surface area contributed by atoms with Crippen molar-refractivity contribution in [3.05, 3.63) is 46.7 Å². The average Bonchev–Trinajstić information content (AvgIpc) is 3.18. The van der Waals surface area contributed by atoms with Crippen molar-refractivity contribution in [1.82, 2.24) is 4.98 Å². The standard InChI is InChI=1S/C18H18ClN3O3/c1-11(20)8-15-13(5-2-6-23)17-18(25-15)14(9-16(19)22-17)21-10-12-4-3-7-24-12/h3-4,7,9,11,23H,6,8,10,20H2,1H3,(H,21,22)/t11-/m0/s1. The van der Waals surface area contributed by atoms with Gasteiger partial charge in [-0.2, -0.15) is 0 Å². The minimum absolute atomic E-state index is 0.106. The second-order valence-electron chi connectivity index (χ2n) is 5.64. The van der Waals surface area contributed by atoms with Crippen LogP contribution < -0.4 is 11.1 Å². The van der Waals surface area contributed by atoms with E-state index in [4.69, 9.17) is 31.3 Å². The molecule has 0 aromatic carbocycles. The number of hydrogen-bond donors (Lipinski definition) is 3. The van der Waals surface area contributed by atoms with Crippen LogP contribution in [0.15, 0.2) is 33.3 Å². The number of aliphatic hydroxyl groups is 1. The monoisotopic (exact) mass is 359 g/mol. The Morgan fingerprint density at radius 1 is 1.48 bits per heavy atom. The van der Waals surface area contributed by atoms with Crippen LogP contribution in [0.2, 0.25) is 5.15 Å². The SMILES string of the molecule is C[C@H](N)Cc1oc2c(NCc3ccco3)cc(Cl)nc2c1C#CCO. The van der Waals surface area contributed by atoms with Crippen molar-refractivity contribution in [2.75, 3.05) is 11.9 Å². The number of rotatable bonds is 5. The molecule has 0 saturated carbocycles. The molecule has 0 aliphatic heterocycles. The highest BCUT2D eigenvalue weighted by Gasteiger charge is 2.19. The maximum absolute atomic E-state index is 9.01. The number of fused-ring (bicyclic) bond motifs is 1. The molecule has 4 N–H and O–H groups in total. The fraction of sp³-hybridized carbons (Fsp3) is 0.278. The summed E-state index contributed by atoms with van der Waals surface area (Å²) in [6.45, 7) is 2.10. The Kier molecular flexibility index (Phi) is 5.29. The molecule has 0 aliphatic rings. The largest absolute Gasteiger partial charge is 0.467 e. The predicted molar refractivity (Wildman–Crippen MR) is 96.4 cm³/mol. The summed E-state index contributed by atoms with van der Waals surface area (Å²) < 4.78 is 11.3. The molecule has 3 rings (SSSR count). The molecule has 7 heteroatoms. The van der Waals surface area contributed by atoms with Gasteiger partial charge in [0.25, 0.3) is 0 Å². The highest BCUT2D eigenvalue weighted by atomic mass is 35.5. The Balaban J connectivity index is 2.06. The molecule has 0 spiro atoms. The van der Waals surface area contributed by atoms with Crippen LogP contribution in [0, 0.1) is 11.8 Å². The van der Waals surface area contributed by atoms with Gasteiger partial charge >= 0.3 is 0 Å². The molecule has 0 radical (unpaired) electrons. The van der Waals surface area contributed by atoms with Crippen molar-refractivity contribution in [3.8, 4) is 11.8 Å². The van der Waals surface area contributed by atoms with Crippen LogP contribution in [0.25, 0.3) is 11.1 Å². The van der Waals surface area contributed by atoms with Crippen LogP contribution in [0.4, 0.5) is 5.69 Å². The highest BCUT2D eigenvalue weighted by molar-refractivity contribution is 6.30. The van der Waals surface area contributed by atoms with Gasteiger partial charge in [0.15, 0.2) is 5.58 Å². The fourth-order valence-electron chi connectivity index (χ4n) is 2.50. The van der Waals surface area contributed by atoms with E-state index < -0.39 is 0 Å². The Hall–Kier alpha value is -2.46. The number of aromatic nitrogens is 1. The van der Waals surface area contributed by atoms with Gasteiger partial charge in [0, 0.05) is 18.5 Å². The Morgan fingerprint density at radius 2 is 2.32 bits per heavy atom. The Labute approximate surface area is 150 Å². The third kappa shape index (κ3) is 3.97. The normalized spacial score (nSPS) is 12.0. The van der Waals surface area contributed by atoms with Gasteiger partial charge in [0.2, 0.25) is 0 Å². The molecule has 0 fully saturated rings. The molecule has 3 aromatic heterocycles. The van der Waals surface area contributed by atoms with E-state index in [1.165, 1.54) is 0 Å². The van der Waals surface area contributed by atoms with Gasteiger partial charge in [-0.1, -0.05) is 23.4 Å². The minimum Gasteiger partial charge on any atom is -0.467 e. The number of pyridine rings is 1. The van der Waals surface area contributed by atoms with Gasteiger partial charge in [0.1, 0.15) is 28.8 Å². The number of halogens is 1. The van der Waals surface area contributed by atoms with Crippen molar-refractivity contribution in [2.24, 2.45) is 5.73 Å². The molecule has 6 nitrogen and oxygen atoms in total. The summed E-state index contributed by atoms with van der Waals surface area (Å²) in [4.78, 5) is 4.35. The van der Waals surface area contributed by atoms with Crippen LogP contribution in [-0.2, 0) is 13.0 Å². The lowest BCUT2D eigenvalue weighted by Crippen LogP contribution is -2.17. The molecule has 3 heterocycles. The maximum atomic E-state index is 9.01. The molecule has 3 aromatic rings. The number of nitrogens with one attached hydrogen (secondary N) is 1. The van der Waals surface area contributed by atoms with E-state index in [0.717, 1.165) is 5.76 Å². The van der Waals surface area contributed by atoms with Crippen molar-refractivity contribution >= 4 is 28.4 Å². The van der Waals surface area contributed by atoms with Crippen molar-refractivity contribution < 1.29 is 13.9 Å². The number of furan rings is 2. The predicted octanol–water partition coefficient (Wildman–Crippen LogP) is 2.92. The first-order valence-electron chi connectivity index (χ1n) is 7.82. The van der Waals surface area contributed by atoms with Crippen LogP contribution in [0.3, 0.4) is 0 Å². The number of aliphatic hydroxyl groups excluding tert-OH is 1. The molecule has 1 atom stereocenters. The lowest BCUT2D eigenvalue weighted by Gasteiger charge is -2.05. The zero-order valence-electron chi connectivity index (χ0n) is 13.7. The van der Waals surface area contributed by atoms with Gasteiger partial charge in [-0.25, -0.2) is 4.98 Å². The third-order valence-electron chi connectivity index (χ3n) is 3.52. The zero-order chi connectivity index (χ0) is 17.8. The maximum Gasteiger partial charge on any atom is 0.177 e. The van der Waals surface area contributed by atoms with E-state index >= 15 is 0 Å². The zero-order valence-corrected chi connectivity index (χ0v) is 14.4. The van der Waals surface area contributed by atoms with E-state index in [-0.39, 0.29) is 12.6 Å². The molecular formula is C18H18ClN3O3. The van der Waals surface area contributed by atoms with Gasteiger partial charge in [-0.15, -0.1) is 0 Å². The van der Waals surface area contributed by atoms with E-state index in [1.54, 1.807) is 12.3 Å². The van der Waals surface area contributed by atoms with Gasteiger partial charge in [-0.05, 0) is 19.1 Å². The molecular weight excluding hydrogens is 342 g/mol. The fourth-order valence-corrected chi connectivity index (χ4v) is 2.69. The van der Waals surface area contributed by atoms with Crippen LogP contribution in [0.1, 0.15) is 24.0 Å². The highest BCUT2D eigenvalue weighted by Crippen LogP contribution is 2.32. The molecule has 0 aliphatic carbocycles. The molecule has 0 unspecified atom stereocenters. The van der Waals surface area contributed by atoms with Crippen molar-refractivity contribution in [2.45, 2.75) is 25.9 Å². The quantitative estimate of drug-likeness (QED) is 0.478. The molecule has 0 saturated heterocycles. The first kappa shape index (κ1) is 17.4. The summed E-state index contributed by atoms with van der Waals surface area (Å²) in [6.07, 6.45) is 2.11. The van der Waals surface area contributed by atoms with Gasteiger partial charge in [-0.3, -0.25) is 0 Å². The first-order chi connectivity index (χ1) is 12.1. The molecule has 0 amide bonds. The lowest BCUT2D eigenvalue weighted by atomic mass is 10.1. The molecule has 130 valence electrons. The third-order valence-corrected chi connectivity index (χ3v) is 3.71. The van der Waals surface area contributed by atoms with Gasteiger partial charge in [0.05, 0.1) is 24.1 Å². The lowest BCUT2D eigenvalue weighted by molar-refractivity contribution is 0.350. The number of nitrogens with zero attached hydrogens (tertiary/aromatic N) is 1. The second kappa shape index (κ2) is 7.62. The van der Waals surface area contributed by atoms with E-state index in [0.29, 0.717) is 46.2 Å². The van der Waals surface area contributed by atoms with Crippen LogP contribution in [-0.4, -0.2) is 22.7 Å². The molecule has 25 heavy (non-hydrogen) atoms. The summed E-state index contributed by atoms with van der Waals surface area (Å²) in [5, 5.41) is 12.6. The van der Waals surface area contributed by atoms with E-state index in [9.17, 15) is 0 Å². The Morgan fingerprint density at radius 3 is 3.00 bits per heavy atom. The van der Waals surface area contributed by atoms with E-state index in [2.05, 4.69) is 22.1 Å². The van der Waals surface area contributed by atoms with Crippen LogP contribution in [0.5, 0.6) is 0 Å². The summed E-state index contributed by atoms with van der Waals surface area (Å²) >= 11 is 6.17. The average molecular weight is 360 g/mol. The summed E-state index contributed by atoms with van der Waals surface area (Å²) in [5.74, 6) is 6.94. The minimum atomic E-state index is -0.255. The summed E-state index contributed by atoms with van der Waals surface area (Å²) in [7, 11) is 0.